The molecular weight excluding hydrogens is 318 g/mol. The molecule has 0 spiro atoms. The van der Waals surface area contributed by atoms with Crippen LogP contribution < -0.4 is 10.2 Å². The molecule has 1 N–H and O–H groups in total. The number of aromatic nitrogens is 1. The number of halogens is 1. The van der Waals surface area contributed by atoms with E-state index < -0.39 is 0 Å². The smallest absolute Gasteiger partial charge is 0.0722 e. The zero-order chi connectivity index (χ0) is 16.5. The lowest BCUT2D eigenvalue weighted by Gasteiger charge is -2.21. The van der Waals surface area contributed by atoms with Crippen molar-refractivity contribution in [3.63, 3.8) is 0 Å². The van der Waals surface area contributed by atoms with Crippen molar-refractivity contribution < 1.29 is 0 Å². The van der Waals surface area contributed by atoms with E-state index >= 15 is 0 Å². The van der Waals surface area contributed by atoms with Gasteiger partial charge < -0.3 is 10.2 Å². The summed E-state index contributed by atoms with van der Waals surface area (Å²) in [5, 5.41) is 5.74. The number of benzene rings is 2. The van der Waals surface area contributed by atoms with Crippen LogP contribution in [0.2, 0.25) is 5.02 Å². The molecule has 1 aliphatic rings. The lowest BCUT2D eigenvalue weighted by Crippen LogP contribution is -2.26. The molecule has 3 aromatic rings. The van der Waals surface area contributed by atoms with E-state index in [1.54, 1.807) is 0 Å². The number of nitrogens with zero attached hydrogens (tertiary/aromatic N) is 2. The summed E-state index contributed by atoms with van der Waals surface area (Å²) in [5.41, 5.74) is 4.68. The van der Waals surface area contributed by atoms with E-state index in [4.69, 9.17) is 11.6 Å². The molecule has 1 unspecified atom stereocenters. The molecule has 1 fully saturated rings. The van der Waals surface area contributed by atoms with Gasteiger partial charge in [0.05, 0.1) is 5.52 Å². The van der Waals surface area contributed by atoms with E-state index in [0.29, 0.717) is 6.04 Å². The van der Waals surface area contributed by atoms with Gasteiger partial charge in [0.15, 0.2) is 0 Å². The van der Waals surface area contributed by atoms with Crippen LogP contribution in [-0.2, 0) is 0 Å². The molecule has 2 heterocycles. The molecule has 0 amide bonds. The molecule has 3 nitrogen and oxygen atoms in total. The second kappa shape index (κ2) is 6.33. The van der Waals surface area contributed by atoms with E-state index in [9.17, 15) is 0 Å². The zero-order valence-corrected chi connectivity index (χ0v) is 14.4. The molecule has 1 aliphatic heterocycles. The van der Waals surface area contributed by atoms with Crippen molar-refractivity contribution in [3.8, 4) is 0 Å². The fraction of sp³-hybridized carbons (Fsp3) is 0.250. The fourth-order valence-corrected chi connectivity index (χ4v) is 3.53. The number of para-hydroxylation sites is 1. The van der Waals surface area contributed by atoms with Crippen LogP contribution >= 0.6 is 11.6 Å². The van der Waals surface area contributed by atoms with Gasteiger partial charge in [0.2, 0.25) is 0 Å². The molecule has 0 radical (unpaired) electrons. The maximum absolute atomic E-state index is 5.99. The van der Waals surface area contributed by atoms with Gasteiger partial charge in [-0.05, 0) is 49.2 Å². The number of hydrogen-bond donors (Lipinski definition) is 1. The summed E-state index contributed by atoms with van der Waals surface area (Å²) in [7, 11) is 0. The minimum atomic E-state index is 0.435. The molecule has 0 saturated carbocycles. The Morgan fingerprint density at radius 2 is 1.92 bits per heavy atom. The summed E-state index contributed by atoms with van der Waals surface area (Å²) < 4.78 is 0. The van der Waals surface area contributed by atoms with Crippen LogP contribution in [-0.4, -0.2) is 24.1 Å². The Kier molecular flexibility index (Phi) is 4.03. The van der Waals surface area contributed by atoms with Gasteiger partial charge in [-0.25, -0.2) is 0 Å². The Hall–Kier alpha value is -2.26. The first-order chi connectivity index (χ1) is 11.7. The molecular formula is C20H20ClN3. The van der Waals surface area contributed by atoms with Crippen molar-refractivity contribution in [1.82, 2.24) is 4.98 Å². The lowest BCUT2D eigenvalue weighted by molar-refractivity contribution is 0.807. The van der Waals surface area contributed by atoms with Gasteiger partial charge >= 0.3 is 0 Å². The number of rotatable bonds is 3. The second-order valence-corrected chi connectivity index (χ2v) is 6.82. The predicted octanol–water partition coefficient (Wildman–Crippen LogP) is 4.89. The van der Waals surface area contributed by atoms with Crippen molar-refractivity contribution >= 4 is 33.9 Å². The van der Waals surface area contributed by atoms with Crippen LogP contribution in [0.25, 0.3) is 10.9 Å². The molecule has 4 rings (SSSR count). The third-order valence-electron chi connectivity index (χ3n) is 4.69. The first-order valence-electron chi connectivity index (χ1n) is 8.32. The van der Waals surface area contributed by atoms with Gasteiger partial charge in [-0.3, -0.25) is 4.98 Å². The second-order valence-electron chi connectivity index (χ2n) is 6.39. The zero-order valence-electron chi connectivity index (χ0n) is 13.7. The van der Waals surface area contributed by atoms with Crippen molar-refractivity contribution in [2.24, 2.45) is 0 Å². The quantitative estimate of drug-likeness (QED) is 0.737. The van der Waals surface area contributed by atoms with Gasteiger partial charge in [-0.1, -0.05) is 29.8 Å². The molecule has 2 aromatic carbocycles. The maximum atomic E-state index is 5.99. The minimum absolute atomic E-state index is 0.435. The van der Waals surface area contributed by atoms with Gasteiger partial charge in [-0.2, -0.15) is 0 Å². The number of anilines is 2. The van der Waals surface area contributed by atoms with Crippen molar-refractivity contribution in [1.29, 1.82) is 0 Å². The third kappa shape index (κ3) is 2.92. The summed E-state index contributed by atoms with van der Waals surface area (Å²) in [6, 6.07) is 16.9. The molecule has 1 aromatic heterocycles. The number of hydrogen-bond acceptors (Lipinski definition) is 3. The Balaban J connectivity index is 1.55. The Morgan fingerprint density at radius 1 is 1.12 bits per heavy atom. The molecule has 1 atom stereocenters. The highest BCUT2D eigenvalue weighted by Crippen LogP contribution is 2.29. The molecule has 122 valence electrons. The summed E-state index contributed by atoms with van der Waals surface area (Å²) in [4.78, 5) is 6.93. The highest BCUT2D eigenvalue weighted by molar-refractivity contribution is 6.30. The molecule has 4 heteroatoms. The summed E-state index contributed by atoms with van der Waals surface area (Å²) >= 11 is 5.99. The van der Waals surface area contributed by atoms with Crippen molar-refractivity contribution in [3.05, 3.63) is 65.3 Å². The number of nitrogens with one attached hydrogen (secondary N) is 1. The van der Waals surface area contributed by atoms with E-state index in [1.165, 1.54) is 22.3 Å². The van der Waals surface area contributed by atoms with Gasteiger partial charge in [-0.15, -0.1) is 0 Å². The molecule has 0 aliphatic carbocycles. The first kappa shape index (κ1) is 15.3. The third-order valence-corrected chi connectivity index (χ3v) is 4.95. The van der Waals surface area contributed by atoms with Crippen molar-refractivity contribution in [2.75, 3.05) is 23.3 Å². The average molecular weight is 338 g/mol. The highest BCUT2D eigenvalue weighted by Gasteiger charge is 2.23. The monoisotopic (exact) mass is 337 g/mol. The van der Waals surface area contributed by atoms with Gasteiger partial charge in [0, 0.05) is 47.1 Å². The number of pyridine rings is 1. The largest absolute Gasteiger partial charge is 0.380 e. The summed E-state index contributed by atoms with van der Waals surface area (Å²) in [6.45, 7) is 4.17. The van der Waals surface area contributed by atoms with Crippen LogP contribution in [0.4, 0.5) is 11.4 Å². The molecule has 1 saturated heterocycles. The molecule has 24 heavy (non-hydrogen) atoms. The topological polar surface area (TPSA) is 28.2 Å². The van der Waals surface area contributed by atoms with E-state index in [1.807, 2.05) is 24.4 Å². The lowest BCUT2D eigenvalue weighted by atomic mass is 10.1. The number of aryl methyl sites for hydroxylation is 1. The Labute approximate surface area is 147 Å². The Morgan fingerprint density at radius 3 is 2.75 bits per heavy atom. The normalized spacial score (nSPS) is 17.4. The van der Waals surface area contributed by atoms with Gasteiger partial charge in [0.1, 0.15) is 0 Å². The maximum Gasteiger partial charge on any atom is 0.0722 e. The van der Waals surface area contributed by atoms with Gasteiger partial charge in [0.25, 0.3) is 0 Å². The van der Waals surface area contributed by atoms with E-state index in [2.05, 4.69) is 52.5 Å². The van der Waals surface area contributed by atoms with Crippen LogP contribution in [0.1, 0.15) is 12.0 Å². The average Bonchev–Trinajstić information content (AvgIpc) is 3.07. The van der Waals surface area contributed by atoms with Crippen LogP contribution in [0.3, 0.4) is 0 Å². The standard InChI is InChI=1S/C20H20ClN3/c1-14-12-22-19-5-3-2-4-18(19)20(14)23-16-10-11-24(13-16)17-8-6-15(21)7-9-17/h2-9,12,16H,10-11,13H2,1H3,(H,22,23). The minimum Gasteiger partial charge on any atom is -0.380 e. The van der Waals surface area contributed by atoms with Crippen LogP contribution in [0, 0.1) is 6.92 Å². The van der Waals surface area contributed by atoms with E-state index in [0.717, 1.165) is 30.0 Å². The highest BCUT2D eigenvalue weighted by atomic mass is 35.5. The SMILES string of the molecule is Cc1cnc2ccccc2c1NC1CCN(c2ccc(Cl)cc2)C1. The van der Waals surface area contributed by atoms with Crippen LogP contribution in [0.15, 0.2) is 54.7 Å². The predicted molar refractivity (Wildman–Crippen MR) is 102 cm³/mol. The number of fused-ring (bicyclic) bond motifs is 1. The summed E-state index contributed by atoms with van der Waals surface area (Å²) in [5.74, 6) is 0. The van der Waals surface area contributed by atoms with Crippen LogP contribution in [0.5, 0.6) is 0 Å². The van der Waals surface area contributed by atoms with E-state index in [-0.39, 0.29) is 0 Å². The van der Waals surface area contributed by atoms with Crippen molar-refractivity contribution in [2.45, 2.75) is 19.4 Å². The molecule has 0 bridgehead atoms. The first-order valence-corrected chi connectivity index (χ1v) is 8.70. The summed E-state index contributed by atoms with van der Waals surface area (Å²) in [6.07, 6.45) is 3.08. The fourth-order valence-electron chi connectivity index (χ4n) is 3.40. The Bertz CT molecular complexity index is 860.